The summed E-state index contributed by atoms with van der Waals surface area (Å²) in [5, 5.41) is 0. The fourth-order valence-electron chi connectivity index (χ4n) is 1.81. The van der Waals surface area contributed by atoms with Crippen LogP contribution in [0.25, 0.3) is 11.2 Å². The minimum absolute atomic E-state index is 0.740. The minimum atomic E-state index is 0.740. The second kappa shape index (κ2) is 6.10. The Hall–Kier alpha value is -1.96. The van der Waals surface area contributed by atoms with Crippen LogP contribution >= 0.6 is 0 Å². The summed E-state index contributed by atoms with van der Waals surface area (Å²) in [7, 11) is 0. The number of ether oxygens (including phenoxy) is 1. The average Bonchev–Trinajstić information content (AvgIpc) is 3.03. The van der Waals surface area contributed by atoms with Crippen molar-refractivity contribution in [1.82, 2.24) is 0 Å². The van der Waals surface area contributed by atoms with Gasteiger partial charge in [-0.1, -0.05) is 25.1 Å². The summed E-state index contributed by atoms with van der Waals surface area (Å²) >= 11 is 0. The fourth-order valence-corrected chi connectivity index (χ4v) is 1.81. The van der Waals surface area contributed by atoms with Gasteiger partial charge in [0.15, 0.2) is 0 Å². The Bertz CT molecular complexity index is 554. The van der Waals surface area contributed by atoms with Crippen LogP contribution in [0, 0.1) is 0 Å². The molecule has 2 nitrogen and oxygen atoms in total. The maximum absolute atomic E-state index is 5.31. The van der Waals surface area contributed by atoms with E-state index in [2.05, 4.69) is 13.0 Å². The van der Waals surface area contributed by atoms with Gasteiger partial charge < -0.3 is 9.15 Å². The predicted molar refractivity (Wildman–Crippen MR) is 74.4 cm³/mol. The Balaban J connectivity index is 0.000000134. The van der Waals surface area contributed by atoms with Crippen LogP contribution in [0.15, 0.2) is 52.9 Å². The van der Waals surface area contributed by atoms with E-state index >= 15 is 0 Å². The number of hydrogen-bond acceptors (Lipinski definition) is 2. The topological polar surface area (TPSA) is 22.4 Å². The van der Waals surface area contributed by atoms with E-state index in [-0.39, 0.29) is 0 Å². The van der Waals surface area contributed by atoms with Gasteiger partial charge in [0.2, 0.25) is 0 Å². The molecule has 0 aliphatic rings. The van der Waals surface area contributed by atoms with Crippen LogP contribution in [0.1, 0.15) is 19.4 Å². The number of aryl methyl sites for hydroxylation is 1. The molecule has 2 bridgehead atoms. The zero-order valence-corrected chi connectivity index (χ0v) is 10.8. The number of hydrogen-bond donors (Lipinski definition) is 0. The van der Waals surface area contributed by atoms with Crippen LogP contribution in [0.2, 0.25) is 0 Å². The van der Waals surface area contributed by atoms with Crippen LogP contribution in [-0.2, 0) is 6.42 Å². The van der Waals surface area contributed by atoms with Crippen molar-refractivity contribution in [2.45, 2.75) is 20.3 Å². The lowest BCUT2D eigenvalue weighted by atomic mass is 10.2. The minimum Gasteiger partial charge on any atom is -0.494 e. The molecule has 1 aromatic carbocycles. The lowest BCUT2D eigenvalue weighted by Gasteiger charge is -1.99. The highest BCUT2D eigenvalue weighted by Crippen LogP contribution is 2.21. The van der Waals surface area contributed by atoms with Crippen LogP contribution in [0.3, 0.4) is 0 Å². The molecule has 0 atom stereocenters. The Labute approximate surface area is 108 Å². The third-order valence-electron chi connectivity index (χ3n) is 2.69. The van der Waals surface area contributed by atoms with E-state index in [0.29, 0.717) is 0 Å². The van der Waals surface area contributed by atoms with Crippen molar-refractivity contribution in [1.29, 1.82) is 0 Å². The second-order valence-electron chi connectivity index (χ2n) is 3.97. The Kier molecular flexibility index (Phi) is 4.24. The standard InChI is InChI=1S/C8H8O.C8H10O/c1-2-6-5-7-3-4-8(6)9-7;1-2-9-8-6-4-3-5-7-8/h3-5H,2H2,1H3;3-7H,2H2,1H3. The molecule has 0 unspecified atom stereocenters. The summed E-state index contributed by atoms with van der Waals surface area (Å²) in [6.07, 6.45) is 1.07. The molecule has 2 heteroatoms. The van der Waals surface area contributed by atoms with Gasteiger partial charge in [-0.15, -0.1) is 0 Å². The smallest absolute Gasteiger partial charge is 0.130 e. The third-order valence-corrected chi connectivity index (χ3v) is 2.69. The van der Waals surface area contributed by atoms with E-state index in [0.717, 1.165) is 29.9 Å². The second-order valence-corrected chi connectivity index (χ2v) is 3.97. The molecule has 94 valence electrons. The molecule has 3 aromatic rings. The van der Waals surface area contributed by atoms with Crippen LogP contribution < -0.4 is 4.74 Å². The largest absolute Gasteiger partial charge is 0.494 e. The average molecular weight is 242 g/mol. The van der Waals surface area contributed by atoms with Crippen LogP contribution in [0.5, 0.6) is 5.75 Å². The molecular weight excluding hydrogens is 224 g/mol. The van der Waals surface area contributed by atoms with Gasteiger partial charge in [0.05, 0.1) is 6.61 Å². The van der Waals surface area contributed by atoms with E-state index in [1.165, 1.54) is 5.56 Å². The molecule has 18 heavy (non-hydrogen) atoms. The summed E-state index contributed by atoms with van der Waals surface area (Å²) in [5.74, 6) is 0.944. The molecule has 0 aliphatic heterocycles. The Morgan fingerprint density at radius 1 is 1.00 bits per heavy atom. The normalized spacial score (nSPS) is 10.1. The molecular formula is C16H18O2. The zero-order valence-electron chi connectivity index (χ0n) is 10.8. The maximum Gasteiger partial charge on any atom is 0.130 e. The number of para-hydroxylation sites is 1. The molecule has 2 heterocycles. The number of furan rings is 2. The molecule has 0 saturated heterocycles. The third kappa shape index (κ3) is 3.04. The van der Waals surface area contributed by atoms with E-state index in [1.54, 1.807) is 0 Å². The van der Waals surface area contributed by atoms with Gasteiger partial charge in [-0.2, -0.15) is 0 Å². The summed E-state index contributed by atoms with van der Waals surface area (Å²) in [6, 6.07) is 15.9. The molecule has 0 fully saturated rings. The van der Waals surface area contributed by atoms with Gasteiger partial charge in [0.25, 0.3) is 0 Å². The van der Waals surface area contributed by atoms with E-state index < -0.39 is 0 Å². The first-order chi connectivity index (χ1) is 8.83. The first-order valence-electron chi connectivity index (χ1n) is 6.32. The van der Waals surface area contributed by atoms with Gasteiger partial charge >= 0.3 is 0 Å². The van der Waals surface area contributed by atoms with Crippen molar-refractivity contribution in [2.75, 3.05) is 6.61 Å². The Morgan fingerprint density at radius 3 is 2.22 bits per heavy atom. The SMILES string of the molecule is CCOc1ccccc1.CCc1cc2ccc1o2. The van der Waals surface area contributed by atoms with Gasteiger partial charge in [0.1, 0.15) is 16.9 Å². The van der Waals surface area contributed by atoms with Gasteiger partial charge in [-0.25, -0.2) is 0 Å². The lowest BCUT2D eigenvalue weighted by molar-refractivity contribution is 0.340. The summed E-state index contributed by atoms with van der Waals surface area (Å²) in [5.41, 5.74) is 3.38. The van der Waals surface area contributed by atoms with Gasteiger partial charge in [-0.3, -0.25) is 0 Å². The van der Waals surface area contributed by atoms with Crippen molar-refractivity contribution in [2.24, 2.45) is 0 Å². The van der Waals surface area contributed by atoms with E-state index in [1.807, 2.05) is 49.4 Å². The first-order valence-corrected chi connectivity index (χ1v) is 6.32. The van der Waals surface area contributed by atoms with Crippen molar-refractivity contribution < 1.29 is 9.15 Å². The molecule has 0 spiro atoms. The summed E-state index contributed by atoms with van der Waals surface area (Å²) in [6.45, 7) is 4.86. The quantitative estimate of drug-likeness (QED) is 0.673. The molecule has 0 aliphatic carbocycles. The summed E-state index contributed by atoms with van der Waals surface area (Å²) in [4.78, 5) is 0. The predicted octanol–water partition coefficient (Wildman–Crippen LogP) is 4.52. The van der Waals surface area contributed by atoms with E-state index in [4.69, 9.17) is 9.15 Å². The van der Waals surface area contributed by atoms with Crippen molar-refractivity contribution >= 4 is 11.2 Å². The zero-order chi connectivity index (χ0) is 12.8. The maximum atomic E-state index is 5.31. The van der Waals surface area contributed by atoms with Crippen LogP contribution in [-0.4, -0.2) is 6.61 Å². The summed E-state index contributed by atoms with van der Waals surface area (Å²) < 4.78 is 10.5. The number of rotatable bonds is 3. The van der Waals surface area contributed by atoms with Crippen molar-refractivity contribution in [3.63, 3.8) is 0 Å². The van der Waals surface area contributed by atoms with Gasteiger partial charge in [0, 0.05) is 0 Å². The highest BCUT2D eigenvalue weighted by Gasteiger charge is 2.02. The van der Waals surface area contributed by atoms with E-state index in [9.17, 15) is 0 Å². The van der Waals surface area contributed by atoms with Crippen molar-refractivity contribution in [3.05, 3.63) is 54.1 Å². The number of fused-ring (bicyclic) bond motifs is 2. The highest BCUT2D eigenvalue weighted by atomic mass is 16.5. The highest BCUT2D eigenvalue weighted by molar-refractivity contribution is 5.65. The molecule has 2 aromatic heterocycles. The van der Waals surface area contributed by atoms with Crippen LogP contribution in [0.4, 0.5) is 0 Å². The molecule has 3 rings (SSSR count). The number of benzene rings is 2. The fraction of sp³-hybridized carbons (Fsp3) is 0.250. The Morgan fingerprint density at radius 2 is 1.78 bits per heavy atom. The van der Waals surface area contributed by atoms with Gasteiger partial charge in [-0.05, 0) is 49.2 Å². The molecule has 0 radical (unpaired) electrons. The molecule has 0 N–H and O–H groups in total. The monoisotopic (exact) mass is 242 g/mol. The molecule has 0 amide bonds. The molecule has 0 saturated carbocycles. The first kappa shape index (κ1) is 12.5. The van der Waals surface area contributed by atoms with Crippen molar-refractivity contribution in [3.8, 4) is 5.75 Å². The lowest BCUT2D eigenvalue weighted by Crippen LogP contribution is -1.89.